The maximum absolute atomic E-state index is 12.6. The van der Waals surface area contributed by atoms with Gasteiger partial charge in [-0.3, -0.25) is 4.99 Å². The zero-order valence-corrected chi connectivity index (χ0v) is 16.3. The molecule has 0 saturated carbocycles. The van der Waals surface area contributed by atoms with Crippen LogP contribution in [0.1, 0.15) is 12.5 Å². The Balaban J connectivity index is 1.36. The third-order valence-corrected chi connectivity index (χ3v) is 5.51. The van der Waals surface area contributed by atoms with E-state index >= 15 is 0 Å². The number of nitrogens with one attached hydrogen (secondary N) is 1. The molecule has 3 aliphatic heterocycles. The van der Waals surface area contributed by atoms with E-state index in [2.05, 4.69) is 32.0 Å². The highest BCUT2D eigenvalue weighted by atomic mass is 35.5. The number of anilines is 1. The summed E-state index contributed by atoms with van der Waals surface area (Å²) in [6.45, 7) is 7.67. The van der Waals surface area contributed by atoms with Gasteiger partial charge in [0, 0.05) is 49.5 Å². The van der Waals surface area contributed by atoms with Crippen LogP contribution in [0.2, 0.25) is 5.02 Å². The Hall–Kier alpha value is -2.54. The van der Waals surface area contributed by atoms with Crippen LogP contribution in [0.3, 0.4) is 0 Å². The lowest BCUT2D eigenvalue weighted by Crippen LogP contribution is -2.50. The number of piperazine rings is 1. The fraction of sp³-hybridized carbons (Fsp3) is 0.421. The maximum Gasteiger partial charge on any atom is 0.321 e. The molecule has 7 nitrogen and oxygen atoms in total. The van der Waals surface area contributed by atoms with E-state index in [0.717, 1.165) is 42.5 Å². The van der Waals surface area contributed by atoms with Crippen molar-refractivity contribution in [1.82, 2.24) is 14.7 Å². The Morgan fingerprint density at radius 3 is 2.81 bits per heavy atom. The van der Waals surface area contributed by atoms with E-state index in [0.29, 0.717) is 24.2 Å². The highest BCUT2D eigenvalue weighted by Gasteiger charge is 2.27. The maximum atomic E-state index is 12.6. The standard InChI is InChI=1S/C19H23ClN6O/c1-13-11-26-12-21-17(10-18(26)22-13)24-6-8-25(9-7-24)19(27)23-16-5-3-4-15(20)14(16)2/h3-5,10,12-13H,6-9,11H2,1-2H3,(H,23,27)/t13-/m1/s1. The molecule has 2 amide bonds. The number of benzene rings is 1. The molecule has 1 aromatic rings. The summed E-state index contributed by atoms with van der Waals surface area (Å²) in [6.07, 6.45) is 3.90. The Morgan fingerprint density at radius 2 is 2.04 bits per heavy atom. The van der Waals surface area contributed by atoms with E-state index < -0.39 is 0 Å². The molecule has 0 aromatic heterocycles. The minimum atomic E-state index is -0.0960. The minimum Gasteiger partial charge on any atom is -0.353 e. The third-order valence-electron chi connectivity index (χ3n) is 5.10. The van der Waals surface area contributed by atoms with E-state index in [1.807, 2.05) is 42.4 Å². The van der Waals surface area contributed by atoms with Crippen molar-refractivity contribution in [2.45, 2.75) is 19.9 Å². The van der Waals surface area contributed by atoms with E-state index in [-0.39, 0.29) is 6.03 Å². The number of carbonyl (C=O) groups excluding carboxylic acids is 1. The fourth-order valence-corrected chi connectivity index (χ4v) is 3.65. The second-order valence-corrected chi connectivity index (χ2v) is 7.46. The van der Waals surface area contributed by atoms with Crippen LogP contribution in [-0.4, -0.2) is 71.7 Å². The first-order valence-corrected chi connectivity index (χ1v) is 9.55. The number of hydrogen-bond acceptors (Lipinski definition) is 5. The predicted molar refractivity (Wildman–Crippen MR) is 109 cm³/mol. The molecule has 0 radical (unpaired) electrons. The number of fused-ring (bicyclic) bond motifs is 1. The largest absolute Gasteiger partial charge is 0.353 e. The van der Waals surface area contributed by atoms with Gasteiger partial charge in [0.25, 0.3) is 0 Å². The normalized spacial score (nSPS) is 21.7. The average Bonchev–Trinajstić information content (AvgIpc) is 3.04. The van der Waals surface area contributed by atoms with E-state index in [1.165, 1.54) is 0 Å². The molecule has 1 N–H and O–H groups in total. The van der Waals surface area contributed by atoms with Crippen LogP contribution >= 0.6 is 11.6 Å². The number of carbonyl (C=O) groups is 1. The van der Waals surface area contributed by atoms with Gasteiger partial charge < -0.3 is 20.0 Å². The van der Waals surface area contributed by atoms with Gasteiger partial charge >= 0.3 is 6.03 Å². The summed E-state index contributed by atoms with van der Waals surface area (Å²) in [4.78, 5) is 27.9. The molecule has 0 unspecified atom stereocenters. The van der Waals surface area contributed by atoms with Crippen molar-refractivity contribution in [2.24, 2.45) is 9.98 Å². The van der Waals surface area contributed by atoms with Crippen LogP contribution in [0.4, 0.5) is 10.5 Å². The van der Waals surface area contributed by atoms with E-state index in [1.54, 1.807) is 0 Å². The van der Waals surface area contributed by atoms with E-state index in [4.69, 9.17) is 11.6 Å². The summed E-state index contributed by atoms with van der Waals surface area (Å²) in [5, 5.41) is 3.62. The minimum absolute atomic E-state index is 0.0960. The van der Waals surface area contributed by atoms with Crippen molar-refractivity contribution in [1.29, 1.82) is 0 Å². The number of urea groups is 1. The first-order chi connectivity index (χ1) is 13.0. The molecule has 8 heteroatoms. The summed E-state index contributed by atoms with van der Waals surface area (Å²) >= 11 is 6.13. The fourth-order valence-electron chi connectivity index (χ4n) is 3.48. The molecule has 142 valence electrons. The Labute approximate surface area is 164 Å². The number of nitrogens with zero attached hydrogens (tertiary/aromatic N) is 5. The van der Waals surface area contributed by atoms with Crippen LogP contribution in [0, 0.1) is 6.92 Å². The van der Waals surface area contributed by atoms with Gasteiger partial charge in [-0.25, -0.2) is 9.79 Å². The lowest BCUT2D eigenvalue weighted by Gasteiger charge is -2.36. The second-order valence-electron chi connectivity index (χ2n) is 7.05. The Morgan fingerprint density at radius 1 is 1.26 bits per heavy atom. The summed E-state index contributed by atoms with van der Waals surface area (Å²) in [5.74, 6) is 1.90. The molecule has 1 atom stereocenters. The summed E-state index contributed by atoms with van der Waals surface area (Å²) in [6, 6.07) is 5.73. The molecule has 0 bridgehead atoms. The predicted octanol–water partition coefficient (Wildman–Crippen LogP) is 2.78. The van der Waals surface area contributed by atoms with Gasteiger partial charge in [-0.15, -0.1) is 0 Å². The Bertz CT molecular complexity index is 841. The molecule has 0 spiro atoms. The molecular weight excluding hydrogens is 364 g/mol. The van der Waals surface area contributed by atoms with Gasteiger partial charge in [0.05, 0.1) is 12.4 Å². The molecule has 4 rings (SSSR count). The van der Waals surface area contributed by atoms with Gasteiger partial charge in [0.1, 0.15) is 11.7 Å². The highest BCUT2D eigenvalue weighted by Crippen LogP contribution is 2.24. The van der Waals surface area contributed by atoms with Gasteiger partial charge in [-0.2, -0.15) is 0 Å². The second kappa shape index (κ2) is 7.23. The zero-order chi connectivity index (χ0) is 19.0. The molecule has 3 aliphatic rings. The smallest absolute Gasteiger partial charge is 0.321 e. The molecule has 0 aliphatic carbocycles. The molecular formula is C19H23ClN6O. The van der Waals surface area contributed by atoms with Crippen molar-refractivity contribution in [3.63, 3.8) is 0 Å². The van der Waals surface area contributed by atoms with Gasteiger partial charge in [0.15, 0.2) is 0 Å². The van der Waals surface area contributed by atoms with E-state index in [9.17, 15) is 4.79 Å². The van der Waals surface area contributed by atoms with Crippen molar-refractivity contribution >= 4 is 35.5 Å². The SMILES string of the molecule is Cc1c(Cl)cccc1NC(=O)N1CCN(C2=CC3=N[C@H](C)CN3C=N2)CC1. The number of rotatable bonds is 2. The zero-order valence-electron chi connectivity index (χ0n) is 15.5. The van der Waals surface area contributed by atoms with Crippen LogP contribution < -0.4 is 5.32 Å². The number of amides is 2. The first kappa shape index (κ1) is 17.9. The summed E-state index contributed by atoms with van der Waals surface area (Å²) < 4.78 is 0. The monoisotopic (exact) mass is 386 g/mol. The van der Waals surface area contributed by atoms with Gasteiger partial charge in [0.2, 0.25) is 0 Å². The molecule has 3 heterocycles. The molecule has 1 saturated heterocycles. The van der Waals surface area contributed by atoms with Crippen molar-refractivity contribution in [3.05, 3.63) is 40.7 Å². The number of halogens is 1. The van der Waals surface area contributed by atoms with Gasteiger partial charge in [-0.05, 0) is 31.5 Å². The molecule has 1 aromatic carbocycles. The lowest BCUT2D eigenvalue weighted by atomic mass is 10.2. The quantitative estimate of drug-likeness (QED) is 0.850. The first-order valence-electron chi connectivity index (χ1n) is 9.17. The molecule has 27 heavy (non-hydrogen) atoms. The lowest BCUT2D eigenvalue weighted by molar-refractivity contribution is 0.167. The highest BCUT2D eigenvalue weighted by molar-refractivity contribution is 6.31. The Kier molecular flexibility index (Phi) is 4.78. The number of amidine groups is 1. The van der Waals surface area contributed by atoms with Crippen LogP contribution in [0.5, 0.6) is 0 Å². The number of aliphatic imine (C=N–C) groups is 2. The van der Waals surface area contributed by atoms with Crippen molar-refractivity contribution in [2.75, 3.05) is 38.0 Å². The summed E-state index contributed by atoms with van der Waals surface area (Å²) in [5.41, 5.74) is 1.63. The van der Waals surface area contributed by atoms with Crippen LogP contribution in [-0.2, 0) is 0 Å². The molecule has 1 fully saturated rings. The van der Waals surface area contributed by atoms with Crippen molar-refractivity contribution in [3.8, 4) is 0 Å². The van der Waals surface area contributed by atoms with Crippen molar-refractivity contribution < 1.29 is 4.79 Å². The summed E-state index contributed by atoms with van der Waals surface area (Å²) in [7, 11) is 0. The van der Waals surface area contributed by atoms with Gasteiger partial charge in [-0.1, -0.05) is 17.7 Å². The van der Waals surface area contributed by atoms with Crippen LogP contribution in [0.25, 0.3) is 0 Å². The average molecular weight is 387 g/mol. The van der Waals surface area contributed by atoms with Crippen LogP contribution in [0.15, 0.2) is 40.1 Å². The third kappa shape index (κ3) is 3.64. The number of hydrogen-bond donors (Lipinski definition) is 1. The topological polar surface area (TPSA) is 63.5 Å².